The van der Waals surface area contributed by atoms with E-state index in [1.807, 2.05) is 12.1 Å². The Morgan fingerprint density at radius 2 is 1.94 bits per heavy atom. The SMILES string of the molecule is Cc1cc(-c2cc(-c3cccc(OCC(=O)NCC4CCCCC4)c3)[nH]c(=O)n2)ccc1O. The van der Waals surface area contributed by atoms with Crippen molar-refractivity contribution in [3.63, 3.8) is 0 Å². The van der Waals surface area contributed by atoms with Crippen LogP contribution >= 0.6 is 0 Å². The molecule has 1 saturated carbocycles. The first-order chi connectivity index (χ1) is 16.0. The Bertz CT molecular complexity index is 1180. The smallest absolute Gasteiger partial charge is 0.345 e. The van der Waals surface area contributed by atoms with Gasteiger partial charge in [-0.1, -0.05) is 31.4 Å². The molecule has 0 bridgehead atoms. The number of H-pyrrole nitrogens is 1. The van der Waals surface area contributed by atoms with Crippen LogP contribution in [-0.4, -0.2) is 34.1 Å². The van der Waals surface area contributed by atoms with Crippen LogP contribution in [-0.2, 0) is 4.79 Å². The average molecular weight is 448 g/mol. The normalized spacial score (nSPS) is 14.1. The Morgan fingerprint density at radius 3 is 2.73 bits per heavy atom. The lowest BCUT2D eigenvalue weighted by Gasteiger charge is -2.21. The first-order valence-electron chi connectivity index (χ1n) is 11.4. The van der Waals surface area contributed by atoms with E-state index in [2.05, 4.69) is 15.3 Å². The summed E-state index contributed by atoms with van der Waals surface area (Å²) in [4.78, 5) is 31.2. The van der Waals surface area contributed by atoms with Gasteiger partial charge < -0.3 is 20.1 Å². The number of hydrogen-bond donors (Lipinski definition) is 3. The minimum atomic E-state index is -0.471. The van der Waals surface area contributed by atoms with Gasteiger partial charge in [0.2, 0.25) is 0 Å². The zero-order chi connectivity index (χ0) is 23.2. The van der Waals surface area contributed by atoms with E-state index >= 15 is 0 Å². The molecule has 1 aromatic heterocycles. The summed E-state index contributed by atoms with van der Waals surface area (Å²) < 4.78 is 5.70. The molecule has 172 valence electrons. The molecule has 7 heteroatoms. The zero-order valence-electron chi connectivity index (χ0n) is 18.8. The lowest BCUT2D eigenvalue weighted by molar-refractivity contribution is -0.123. The number of aromatic hydroxyl groups is 1. The summed E-state index contributed by atoms with van der Waals surface area (Å²) in [7, 11) is 0. The van der Waals surface area contributed by atoms with Crippen molar-refractivity contribution in [3.8, 4) is 34.0 Å². The van der Waals surface area contributed by atoms with Crippen LogP contribution in [0.3, 0.4) is 0 Å². The van der Waals surface area contributed by atoms with E-state index in [0.29, 0.717) is 35.2 Å². The molecule has 0 saturated heterocycles. The summed E-state index contributed by atoms with van der Waals surface area (Å²) in [5, 5.41) is 12.7. The highest BCUT2D eigenvalue weighted by atomic mass is 16.5. The number of benzene rings is 2. The summed E-state index contributed by atoms with van der Waals surface area (Å²) in [6.07, 6.45) is 6.14. The molecule has 0 unspecified atom stereocenters. The molecule has 3 N–H and O–H groups in total. The molecule has 3 aromatic rings. The van der Waals surface area contributed by atoms with Gasteiger partial charge >= 0.3 is 5.69 Å². The number of nitrogens with one attached hydrogen (secondary N) is 2. The average Bonchev–Trinajstić information content (AvgIpc) is 2.83. The van der Waals surface area contributed by atoms with E-state index < -0.39 is 5.69 Å². The van der Waals surface area contributed by atoms with Crippen LogP contribution in [0.25, 0.3) is 22.5 Å². The van der Waals surface area contributed by atoms with Gasteiger partial charge in [-0.2, -0.15) is 4.98 Å². The number of aryl methyl sites for hydroxylation is 1. The summed E-state index contributed by atoms with van der Waals surface area (Å²) in [5.41, 5.74) is 2.80. The maximum absolute atomic E-state index is 12.2. The molecule has 7 nitrogen and oxygen atoms in total. The van der Waals surface area contributed by atoms with Gasteiger partial charge in [0.1, 0.15) is 11.5 Å². The van der Waals surface area contributed by atoms with Crippen LogP contribution in [0.4, 0.5) is 0 Å². The largest absolute Gasteiger partial charge is 0.508 e. The fourth-order valence-corrected chi connectivity index (χ4v) is 4.18. The van der Waals surface area contributed by atoms with Crippen molar-refractivity contribution in [2.45, 2.75) is 39.0 Å². The van der Waals surface area contributed by atoms with E-state index in [0.717, 1.165) is 11.1 Å². The highest BCUT2D eigenvalue weighted by molar-refractivity contribution is 5.77. The first-order valence-corrected chi connectivity index (χ1v) is 11.4. The fraction of sp³-hybridized carbons (Fsp3) is 0.346. The molecule has 0 aliphatic heterocycles. The molecule has 1 heterocycles. The van der Waals surface area contributed by atoms with E-state index in [1.165, 1.54) is 32.1 Å². The lowest BCUT2D eigenvalue weighted by atomic mass is 9.89. The van der Waals surface area contributed by atoms with Crippen LogP contribution in [0.5, 0.6) is 11.5 Å². The highest BCUT2D eigenvalue weighted by Gasteiger charge is 2.14. The van der Waals surface area contributed by atoms with Crippen molar-refractivity contribution in [1.82, 2.24) is 15.3 Å². The van der Waals surface area contributed by atoms with E-state index in [9.17, 15) is 14.7 Å². The summed E-state index contributed by atoms with van der Waals surface area (Å²) in [6.45, 7) is 2.44. The summed E-state index contributed by atoms with van der Waals surface area (Å²) >= 11 is 0. The molecular weight excluding hydrogens is 418 g/mol. The topological polar surface area (TPSA) is 104 Å². The van der Waals surface area contributed by atoms with E-state index in [1.54, 1.807) is 43.3 Å². The van der Waals surface area contributed by atoms with Crippen LogP contribution in [0.15, 0.2) is 53.3 Å². The van der Waals surface area contributed by atoms with Gasteiger partial charge in [-0.15, -0.1) is 0 Å². The zero-order valence-corrected chi connectivity index (χ0v) is 18.8. The number of nitrogens with zero attached hydrogens (tertiary/aromatic N) is 1. The fourth-order valence-electron chi connectivity index (χ4n) is 4.18. The molecule has 33 heavy (non-hydrogen) atoms. The van der Waals surface area contributed by atoms with Gasteiger partial charge in [-0.25, -0.2) is 4.79 Å². The van der Waals surface area contributed by atoms with E-state index in [-0.39, 0.29) is 18.3 Å². The Kier molecular flexibility index (Phi) is 7.07. The molecule has 2 aromatic carbocycles. The third kappa shape index (κ3) is 6.00. The van der Waals surface area contributed by atoms with Gasteiger partial charge in [0.25, 0.3) is 5.91 Å². The second-order valence-electron chi connectivity index (χ2n) is 8.61. The van der Waals surface area contributed by atoms with Crippen molar-refractivity contribution in [1.29, 1.82) is 0 Å². The summed E-state index contributed by atoms with van der Waals surface area (Å²) in [6, 6.07) is 14.1. The van der Waals surface area contributed by atoms with Crippen LogP contribution in [0.2, 0.25) is 0 Å². The quantitative estimate of drug-likeness (QED) is 0.504. The van der Waals surface area contributed by atoms with Crippen LogP contribution < -0.4 is 15.7 Å². The Hall–Kier alpha value is -3.61. The minimum Gasteiger partial charge on any atom is -0.508 e. The number of aromatic nitrogens is 2. The number of hydrogen-bond acceptors (Lipinski definition) is 5. The summed E-state index contributed by atoms with van der Waals surface area (Å²) in [5.74, 6) is 1.17. The molecule has 4 rings (SSSR count). The predicted molar refractivity (Wildman–Crippen MR) is 127 cm³/mol. The molecular formula is C26H29N3O4. The van der Waals surface area contributed by atoms with E-state index in [4.69, 9.17) is 4.74 Å². The number of phenols is 1. The second kappa shape index (κ2) is 10.3. The van der Waals surface area contributed by atoms with Gasteiger partial charge in [0.05, 0.1) is 11.4 Å². The predicted octanol–water partition coefficient (Wildman–Crippen LogP) is 4.19. The number of phenolic OH excluding ortho intramolecular Hbond substituents is 1. The highest BCUT2D eigenvalue weighted by Crippen LogP contribution is 2.27. The van der Waals surface area contributed by atoms with Crippen molar-refractivity contribution in [3.05, 3.63) is 64.6 Å². The monoisotopic (exact) mass is 447 g/mol. The number of aromatic amines is 1. The minimum absolute atomic E-state index is 0.0545. The third-order valence-electron chi connectivity index (χ3n) is 6.06. The molecule has 1 fully saturated rings. The molecule has 1 amide bonds. The lowest BCUT2D eigenvalue weighted by Crippen LogP contribution is -2.33. The molecule has 1 aliphatic carbocycles. The number of amides is 1. The third-order valence-corrected chi connectivity index (χ3v) is 6.06. The standard InChI is InChI=1S/C26H29N3O4/c1-17-12-20(10-11-24(17)30)23-14-22(28-26(32)29-23)19-8-5-9-21(13-19)33-16-25(31)27-15-18-6-3-2-4-7-18/h5,8-14,18,30H,2-4,6-7,15-16H2,1H3,(H,27,31)(H,28,29,32). The number of rotatable bonds is 7. The molecule has 0 radical (unpaired) electrons. The maximum Gasteiger partial charge on any atom is 0.345 e. The van der Waals surface area contributed by atoms with Gasteiger partial charge in [0.15, 0.2) is 6.61 Å². The number of carbonyl (C=O) groups is 1. The van der Waals surface area contributed by atoms with Gasteiger partial charge in [-0.3, -0.25) is 4.79 Å². The number of carbonyl (C=O) groups excluding carboxylic acids is 1. The van der Waals surface area contributed by atoms with Crippen molar-refractivity contribution in [2.75, 3.05) is 13.2 Å². The van der Waals surface area contributed by atoms with Crippen molar-refractivity contribution < 1.29 is 14.6 Å². The van der Waals surface area contributed by atoms with Crippen LogP contribution in [0.1, 0.15) is 37.7 Å². The van der Waals surface area contributed by atoms with Crippen molar-refractivity contribution in [2.24, 2.45) is 5.92 Å². The van der Waals surface area contributed by atoms with Gasteiger partial charge in [-0.05, 0) is 67.6 Å². The van der Waals surface area contributed by atoms with Gasteiger partial charge in [0, 0.05) is 17.7 Å². The Balaban J connectivity index is 1.44. The molecule has 1 aliphatic rings. The Labute approximate surface area is 192 Å². The number of ether oxygens (including phenoxy) is 1. The molecule has 0 spiro atoms. The Morgan fingerprint density at radius 1 is 1.12 bits per heavy atom. The second-order valence-corrected chi connectivity index (χ2v) is 8.61. The van der Waals surface area contributed by atoms with Crippen LogP contribution in [0, 0.1) is 12.8 Å². The maximum atomic E-state index is 12.2. The molecule has 0 atom stereocenters. The first kappa shape index (κ1) is 22.6. The van der Waals surface area contributed by atoms with Crippen molar-refractivity contribution >= 4 is 5.91 Å².